The molecule has 0 aromatic carbocycles. The number of nitrogens with zero attached hydrogens (tertiary/aromatic N) is 1. The number of carbonyl (C=O) groups is 2. The summed E-state index contributed by atoms with van der Waals surface area (Å²) < 4.78 is 5.06. The maximum absolute atomic E-state index is 11.9. The van der Waals surface area contributed by atoms with Crippen LogP contribution in [-0.2, 0) is 4.79 Å². The Morgan fingerprint density at radius 1 is 1.60 bits per heavy atom. The molecule has 0 aliphatic carbocycles. The van der Waals surface area contributed by atoms with Crippen LogP contribution < -0.4 is 5.32 Å². The van der Waals surface area contributed by atoms with E-state index in [0.717, 1.165) is 0 Å². The Balaban J connectivity index is 2.14. The van der Waals surface area contributed by atoms with Crippen LogP contribution in [0, 0.1) is 6.92 Å². The predicted molar refractivity (Wildman–Crippen MR) is 52.4 cm³/mol. The molecule has 2 rings (SSSR count). The number of piperazine rings is 1. The second-order valence-corrected chi connectivity index (χ2v) is 3.47. The third-order valence-corrected chi connectivity index (χ3v) is 2.41. The Morgan fingerprint density at radius 2 is 2.40 bits per heavy atom. The van der Waals surface area contributed by atoms with Gasteiger partial charge in [-0.05, 0) is 13.0 Å². The Labute approximate surface area is 87.0 Å². The van der Waals surface area contributed by atoms with Gasteiger partial charge in [0.2, 0.25) is 5.91 Å². The lowest BCUT2D eigenvalue weighted by Crippen LogP contribution is -2.50. The Kier molecular flexibility index (Phi) is 2.45. The van der Waals surface area contributed by atoms with Gasteiger partial charge in [-0.2, -0.15) is 0 Å². The standard InChI is InChI=1S/C10H12N2O3/c1-7-8(2-5-15-7)10(14)12-4-3-11-9(13)6-12/h2,5H,3-4,6H2,1H3,(H,11,13). The zero-order valence-electron chi connectivity index (χ0n) is 8.45. The zero-order chi connectivity index (χ0) is 10.8. The first-order chi connectivity index (χ1) is 7.18. The Bertz CT molecular complexity index is 397. The van der Waals surface area contributed by atoms with Crippen LogP contribution in [0.4, 0.5) is 0 Å². The topological polar surface area (TPSA) is 62.6 Å². The molecule has 1 aromatic rings. The van der Waals surface area contributed by atoms with E-state index in [1.54, 1.807) is 13.0 Å². The van der Waals surface area contributed by atoms with E-state index < -0.39 is 0 Å². The summed E-state index contributed by atoms with van der Waals surface area (Å²) in [5, 5.41) is 2.67. The van der Waals surface area contributed by atoms with E-state index >= 15 is 0 Å². The van der Waals surface area contributed by atoms with Crippen LogP contribution in [-0.4, -0.2) is 36.3 Å². The van der Waals surface area contributed by atoms with Crippen molar-refractivity contribution >= 4 is 11.8 Å². The summed E-state index contributed by atoms with van der Waals surface area (Å²) in [5.74, 6) is 0.331. The van der Waals surface area contributed by atoms with Gasteiger partial charge in [0.1, 0.15) is 5.76 Å². The fourth-order valence-electron chi connectivity index (χ4n) is 1.59. The third-order valence-electron chi connectivity index (χ3n) is 2.41. The number of furan rings is 1. The monoisotopic (exact) mass is 208 g/mol. The number of hydrogen-bond acceptors (Lipinski definition) is 3. The van der Waals surface area contributed by atoms with Crippen molar-refractivity contribution in [3.63, 3.8) is 0 Å². The molecule has 1 N–H and O–H groups in total. The molecule has 1 saturated heterocycles. The van der Waals surface area contributed by atoms with E-state index in [9.17, 15) is 9.59 Å². The van der Waals surface area contributed by atoms with Crippen molar-refractivity contribution in [3.8, 4) is 0 Å². The molecule has 15 heavy (non-hydrogen) atoms. The molecular formula is C10H12N2O3. The average Bonchev–Trinajstić information content (AvgIpc) is 2.63. The lowest BCUT2D eigenvalue weighted by Gasteiger charge is -2.26. The molecule has 80 valence electrons. The lowest BCUT2D eigenvalue weighted by atomic mass is 10.2. The van der Waals surface area contributed by atoms with Crippen LogP contribution in [0.3, 0.4) is 0 Å². The maximum atomic E-state index is 11.9. The van der Waals surface area contributed by atoms with Crippen LogP contribution in [0.1, 0.15) is 16.1 Å². The normalized spacial score (nSPS) is 16.3. The first-order valence-corrected chi connectivity index (χ1v) is 4.78. The fraction of sp³-hybridized carbons (Fsp3) is 0.400. The van der Waals surface area contributed by atoms with Crippen molar-refractivity contribution in [3.05, 3.63) is 23.7 Å². The number of rotatable bonds is 1. The number of nitrogens with one attached hydrogen (secondary N) is 1. The number of aryl methyl sites for hydroxylation is 1. The third kappa shape index (κ3) is 1.86. The lowest BCUT2D eigenvalue weighted by molar-refractivity contribution is -0.123. The quantitative estimate of drug-likeness (QED) is 0.715. The summed E-state index contributed by atoms with van der Waals surface area (Å²) in [7, 11) is 0. The summed E-state index contributed by atoms with van der Waals surface area (Å²) in [6.07, 6.45) is 1.48. The van der Waals surface area contributed by atoms with Crippen LogP contribution in [0.5, 0.6) is 0 Å². The van der Waals surface area contributed by atoms with E-state index in [-0.39, 0.29) is 18.4 Å². The molecule has 0 saturated carbocycles. The second-order valence-electron chi connectivity index (χ2n) is 3.47. The highest BCUT2D eigenvalue weighted by Gasteiger charge is 2.24. The van der Waals surface area contributed by atoms with E-state index in [2.05, 4.69) is 5.32 Å². The minimum absolute atomic E-state index is 0.115. The van der Waals surface area contributed by atoms with Gasteiger partial charge in [0, 0.05) is 13.1 Å². The molecule has 1 aliphatic heterocycles. The second kappa shape index (κ2) is 3.76. The van der Waals surface area contributed by atoms with E-state index in [4.69, 9.17) is 4.42 Å². The molecule has 0 unspecified atom stereocenters. The largest absolute Gasteiger partial charge is 0.469 e. The van der Waals surface area contributed by atoms with Crippen molar-refractivity contribution in [2.75, 3.05) is 19.6 Å². The van der Waals surface area contributed by atoms with Crippen molar-refractivity contribution in [2.24, 2.45) is 0 Å². The zero-order valence-corrected chi connectivity index (χ0v) is 8.45. The van der Waals surface area contributed by atoms with Crippen molar-refractivity contribution in [1.82, 2.24) is 10.2 Å². The highest BCUT2D eigenvalue weighted by Crippen LogP contribution is 2.12. The molecule has 2 heterocycles. The van der Waals surface area contributed by atoms with Crippen LogP contribution >= 0.6 is 0 Å². The van der Waals surface area contributed by atoms with Gasteiger partial charge in [0.05, 0.1) is 18.4 Å². The van der Waals surface area contributed by atoms with Crippen molar-refractivity contribution < 1.29 is 14.0 Å². The summed E-state index contributed by atoms with van der Waals surface area (Å²) in [5.41, 5.74) is 0.532. The van der Waals surface area contributed by atoms with Crippen LogP contribution in [0.25, 0.3) is 0 Å². The van der Waals surface area contributed by atoms with Crippen LogP contribution in [0.15, 0.2) is 16.7 Å². The first kappa shape index (κ1) is 9.76. The van der Waals surface area contributed by atoms with E-state index in [1.165, 1.54) is 11.2 Å². The molecule has 5 heteroatoms. The number of hydrogen-bond donors (Lipinski definition) is 1. The minimum atomic E-state index is -0.142. The molecule has 0 bridgehead atoms. The molecule has 1 fully saturated rings. The molecular weight excluding hydrogens is 196 g/mol. The molecule has 1 aliphatic rings. The summed E-state index contributed by atoms with van der Waals surface area (Å²) in [4.78, 5) is 24.5. The van der Waals surface area contributed by atoms with Crippen LogP contribution in [0.2, 0.25) is 0 Å². The van der Waals surface area contributed by atoms with Gasteiger partial charge in [-0.3, -0.25) is 9.59 Å². The van der Waals surface area contributed by atoms with E-state index in [1.807, 2.05) is 0 Å². The summed E-state index contributed by atoms with van der Waals surface area (Å²) in [6, 6.07) is 1.63. The first-order valence-electron chi connectivity index (χ1n) is 4.78. The van der Waals surface area contributed by atoms with Gasteiger partial charge in [0.15, 0.2) is 0 Å². The van der Waals surface area contributed by atoms with E-state index in [0.29, 0.717) is 24.4 Å². The van der Waals surface area contributed by atoms with Gasteiger partial charge in [-0.15, -0.1) is 0 Å². The van der Waals surface area contributed by atoms with Gasteiger partial charge >= 0.3 is 0 Å². The average molecular weight is 208 g/mol. The molecule has 2 amide bonds. The molecule has 5 nitrogen and oxygen atoms in total. The Hall–Kier alpha value is -1.78. The highest BCUT2D eigenvalue weighted by molar-refractivity contribution is 5.97. The van der Waals surface area contributed by atoms with Crippen molar-refractivity contribution in [1.29, 1.82) is 0 Å². The SMILES string of the molecule is Cc1occc1C(=O)N1CCNC(=O)C1. The smallest absolute Gasteiger partial charge is 0.257 e. The van der Waals surface area contributed by atoms with Gasteiger partial charge in [-0.1, -0.05) is 0 Å². The van der Waals surface area contributed by atoms with Gasteiger partial charge in [-0.25, -0.2) is 0 Å². The molecule has 1 aromatic heterocycles. The van der Waals surface area contributed by atoms with Gasteiger partial charge < -0.3 is 14.6 Å². The highest BCUT2D eigenvalue weighted by atomic mass is 16.3. The van der Waals surface area contributed by atoms with Gasteiger partial charge in [0.25, 0.3) is 5.91 Å². The number of carbonyl (C=O) groups excluding carboxylic acids is 2. The summed E-state index contributed by atoms with van der Waals surface area (Å²) >= 11 is 0. The van der Waals surface area contributed by atoms with Crippen molar-refractivity contribution in [2.45, 2.75) is 6.92 Å². The predicted octanol–water partition coefficient (Wildman–Crippen LogP) is 0.160. The molecule has 0 spiro atoms. The fourth-order valence-corrected chi connectivity index (χ4v) is 1.59. The minimum Gasteiger partial charge on any atom is -0.469 e. The molecule has 0 radical (unpaired) electrons. The Morgan fingerprint density at radius 3 is 3.00 bits per heavy atom. The number of amides is 2. The summed E-state index contributed by atoms with van der Waals surface area (Å²) in [6.45, 7) is 2.93. The molecule has 0 atom stereocenters. The maximum Gasteiger partial charge on any atom is 0.257 e.